The van der Waals surface area contributed by atoms with Gasteiger partial charge in [0.05, 0.1) is 11.8 Å². The zero-order valence-corrected chi connectivity index (χ0v) is 18.9. The van der Waals surface area contributed by atoms with Gasteiger partial charge < -0.3 is 14.9 Å². The number of imidazole rings is 1. The molecule has 0 aliphatic heterocycles. The summed E-state index contributed by atoms with van der Waals surface area (Å²) in [4.78, 5) is 17.3. The van der Waals surface area contributed by atoms with Gasteiger partial charge in [0.1, 0.15) is 17.2 Å². The van der Waals surface area contributed by atoms with Crippen LogP contribution in [0.1, 0.15) is 46.0 Å². The maximum atomic E-state index is 14.3. The molecule has 3 aliphatic carbocycles. The summed E-state index contributed by atoms with van der Waals surface area (Å²) in [6.07, 6.45) is 9.53. The fourth-order valence-electron chi connectivity index (χ4n) is 6.07. The van der Waals surface area contributed by atoms with E-state index in [1.54, 1.807) is 6.20 Å². The van der Waals surface area contributed by atoms with Crippen molar-refractivity contribution in [2.24, 2.45) is 17.8 Å². The van der Waals surface area contributed by atoms with E-state index in [9.17, 15) is 8.78 Å². The van der Waals surface area contributed by atoms with Crippen LogP contribution >= 0.6 is 0 Å². The fourth-order valence-corrected chi connectivity index (χ4v) is 6.07. The smallest absolute Gasteiger partial charge is 0.166 e. The standard InChI is InChI=1S/C25H28F2N6/c1-3-8-33-12-29-22-24(30-20-13(2)14-4-6-15(20)7-5-14)31-23(32-25(22)33)18-11-28-21-17(18)9-16(26)10-19(21)27/h9-15,20,28H,3-8H2,1-2H3,(H,30,31,32)/t13-,14?,15?,20+/m0/s1. The van der Waals surface area contributed by atoms with Crippen molar-refractivity contribution < 1.29 is 8.78 Å². The van der Waals surface area contributed by atoms with E-state index in [4.69, 9.17) is 9.97 Å². The van der Waals surface area contributed by atoms with Gasteiger partial charge in [-0.1, -0.05) is 13.8 Å². The largest absolute Gasteiger partial charge is 0.365 e. The third-order valence-corrected chi connectivity index (χ3v) is 7.81. The molecule has 3 saturated carbocycles. The lowest BCUT2D eigenvalue weighted by molar-refractivity contribution is 0.0928. The number of hydrogen-bond donors (Lipinski definition) is 2. The van der Waals surface area contributed by atoms with E-state index < -0.39 is 11.6 Å². The van der Waals surface area contributed by atoms with Gasteiger partial charge >= 0.3 is 0 Å². The Morgan fingerprint density at radius 1 is 1.12 bits per heavy atom. The van der Waals surface area contributed by atoms with E-state index >= 15 is 0 Å². The van der Waals surface area contributed by atoms with Crippen LogP contribution in [0, 0.1) is 29.4 Å². The molecular weight excluding hydrogens is 422 g/mol. The number of rotatable bonds is 5. The van der Waals surface area contributed by atoms with Crippen molar-refractivity contribution in [1.82, 2.24) is 24.5 Å². The number of H-pyrrole nitrogens is 1. The number of benzene rings is 1. The summed E-state index contributed by atoms with van der Waals surface area (Å²) < 4.78 is 30.4. The Balaban J connectivity index is 1.50. The Morgan fingerprint density at radius 2 is 1.91 bits per heavy atom. The number of nitrogens with zero attached hydrogens (tertiary/aromatic N) is 4. The third kappa shape index (κ3) is 3.30. The first-order valence-electron chi connectivity index (χ1n) is 12.0. The van der Waals surface area contributed by atoms with Gasteiger partial charge in [0, 0.05) is 35.8 Å². The van der Waals surface area contributed by atoms with Gasteiger partial charge in [-0.05, 0) is 55.9 Å². The highest BCUT2D eigenvalue weighted by Gasteiger charge is 2.41. The molecule has 0 saturated heterocycles. The third-order valence-electron chi connectivity index (χ3n) is 7.81. The summed E-state index contributed by atoms with van der Waals surface area (Å²) in [6, 6.07) is 2.56. The Bertz CT molecular complexity index is 1330. The molecule has 1 aromatic carbocycles. The molecule has 7 rings (SSSR count). The quantitative estimate of drug-likeness (QED) is 0.397. The van der Waals surface area contributed by atoms with Gasteiger partial charge in [-0.2, -0.15) is 0 Å². The molecule has 0 amide bonds. The topological polar surface area (TPSA) is 71.4 Å². The van der Waals surface area contributed by atoms with E-state index in [1.807, 2.05) is 10.9 Å². The molecule has 2 N–H and O–H groups in total. The van der Waals surface area contributed by atoms with Crippen molar-refractivity contribution in [3.05, 3.63) is 36.3 Å². The maximum Gasteiger partial charge on any atom is 0.166 e. The lowest BCUT2D eigenvalue weighted by atomic mass is 9.62. The van der Waals surface area contributed by atoms with Crippen LogP contribution in [-0.4, -0.2) is 30.5 Å². The van der Waals surface area contributed by atoms with Crippen LogP contribution in [0.15, 0.2) is 24.7 Å². The predicted octanol–water partition coefficient (Wildman–Crippen LogP) is 5.90. The summed E-state index contributed by atoms with van der Waals surface area (Å²) in [6.45, 7) is 5.24. The van der Waals surface area contributed by atoms with Crippen LogP contribution in [-0.2, 0) is 6.54 Å². The Morgan fingerprint density at radius 3 is 2.67 bits per heavy atom. The van der Waals surface area contributed by atoms with Crippen molar-refractivity contribution >= 4 is 27.9 Å². The average molecular weight is 451 g/mol. The number of aromatic nitrogens is 5. The second-order valence-electron chi connectivity index (χ2n) is 9.72. The molecular formula is C25H28F2N6. The van der Waals surface area contributed by atoms with E-state index in [-0.39, 0.29) is 5.52 Å². The van der Waals surface area contributed by atoms with Gasteiger partial charge in [0.2, 0.25) is 0 Å². The highest BCUT2D eigenvalue weighted by Crippen LogP contribution is 2.46. The SMILES string of the molecule is CCCn1cnc2c(N[C@H]3C4CCC(CC4)[C@@H]3C)nc(-c3c[nH]c4c(F)cc(F)cc34)nc21. The zero-order valence-electron chi connectivity index (χ0n) is 18.9. The molecule has 3 aliphatic rings. The molecule has 0 radical (unpaired) electrons. The predicted molar refractivity (Wildman–Crippen MR) is 125 cm³/mol. The number of aryl methyl sites for hydroxylation is 1. The number of fused-ring (bicyclic) bond motifs is 5. The van der Waals surface area contributed by atoms with Crippen molar-refractivity contribution in [3.63, 3.8) is 0 Å². The van der Waals surface area contributed by atoms with Crippen molar-refractivity contribution in [2.45, 2.75) is 58.5 Å². The lowest BCUT2D eigenvalue weighted by Crippen LogP contribution is -2.47. The van der Waals surface area contributed by atoms with Crippen LogP contribution in [0.2, 0.25) is 0 Å². The molecule has 0 spiro atoms. The number of halogens is 2. The van der Waals surface area contributed by atoms with Crippen LogP contribution in [0.3, 0.4) is 0 Å². The zero-order chi connectivity index (χ0) is 22.7. The second-order valence-corrected chi connectivity index (χ2v) is 9.72. The monoisotopic (exact) mass is 450 g/mol. The minimum absolute atomic E-state index is 0.255. The summed E-state index contributed by atoms with van der Waals surface area (Å²) in [5.41, 5.74) is 2.32. The summed E-state index contributed by atoms with van der Waals surface area (Å²) in [5, 5.41) is 4.18. The summed E-state index contributed by atoms with van der Waals surface area (Å²) >= 11 is 0. The maximum absolute atomic E-state index is 14.3. The van der Waals surface area contributed by atoms with Gasteiger partial charge in [0.15, 0.2) is 17.3 Å². The molecule has 6 nitrogen and oxygen atoms in total. The molecule has 2 atom stereocenters. The van der Waals surface area contributed by atoms with E-state index in [2.05, 4.69) is 29.1 Å². The van der Waals surface area contributed by atoms with Gasteiger partial charge in [-0.3, -0.25) is 0 Å². The Kier molecular flexibility index (Phi) is 4.85. The summed E-state index contributed by atoms with van der Waals surface area (Å²) in [5.74, 6) is 1.85. The minimum Gasteiger partial charge on any atom is -0.365 e. The Hall–Kier alpha value is -3.03. The number of hydrogen-bond acceptors (Lipinski definition) is 4. The van der Waals surface area contributed by atoms with Gasteiger partial charge in [0.25, 0.3) is 0 Å². The second kappa shape index (κ2) is 7.78. The number of anilines is 1. The number of aromatic amines is 1. The van der Waals surface area contributed by atoms with E-state index in [0.29, 0.717) is 40.5 Å². The molecule has 0 unspecified atom stereocenters. The first kappa shape index (κ1) is 20.6. The lowest BCUT2D eigenvalue weighted by Gasteiger charge is -2.47. The normalized spacial score (nSPS) is 24.7. The molecule has 2 bridgehead atoms. The van der Waals surface area contributed by atoms with E-state index in [1.165, 1.54) is 31.7 Å². The van der Waals surface area contributed by atoms with Crippen LogP contribution in [0.25, 0.3) is 33.5 Å². The van der Waals surface area contributed by atoms with Crippen molar-refractivity contribution in [1.29, 1.82) is 0 Å². The summed E-state index contributed by atoms with van der Waals surface area (Å²) in [7, 11) is 0. The number of nitrogens with one attached hydrogen (secondary N) is 2. The highest BCUT2D eigenvalue weighted by molar-refractivity contribution is 5.96. The molecule has 8 heteroatoms. The highest BCUT2D eigenvalue weighted by atomic mass is 19.1. The van der Waals surface area contributed by atoms with Crippen molar-refractivity contribution in [2.75, 3.05) is 5.32 Å². The molecule has 33 heavy (non-hydrogen) atoms. The molecule has 3 aromatic heterocycles. The first-order valence-corrected chi connectivity index (χ1v) is 12.0. The molecule has 3 fully saturated rings. The van der Waals surface area contributed by atoms with Gasteiger partial charge in [-0.25, -0.2) is 23.7 Å². The van der Waals surface area contributed by atoms with Crippen LogP contribution in [0.4, 0.5) is 14.6 Å². The first-order chi connectivity index (χ1) is 16.0. The van der Waals surface area contributed by atoms with Crippen LogP contribution in [0.5, 0.6) is 0 Å². The van der Waals surface area contributed by atoms with Crippen molar-refractivity contribution in [3.8, 4) is 11.4 Å². The molecule has 3 heterocycles. The van der Waals surface area contributed by atoms with Gasteiger partial charge in [-0.15, -0.1) is 0 Å². The van der Waals surface area contributed by atoms with E-state index in [0.717, 1.165) is 36.1 Å². The molecule has 4 aromatic rings. The Labute approximate surface area is 190 Å². The molecule has 172 valence electrons. The average Bonchev–Trinajstić information content (AvgIpc) is 3.41. The minimum atomic E-state index is -0.626. The van der Waals surface area contributed by atoms with Crippen LogP contribution < -0.4 is 5.32 Å². The fraction of sp³-hybridized carbons (Fsp3) is 0.480.